The third-order valence-electron chi connectivity index (χ3n) is 2.83. The zero-order valence-corrected chi connectivity index (χ0v) is 10.8. The van der Waals surface area contributed by atoms with Gasteiger partial charge in [0.05, 0.1) is 0 Å². The number of phenolic OH excluding ortho intramolecular Hbond substituents is 2. The predicted octanol–water partition coefficient (Wildman–Crippen LogP) is 2.79. The highest BCUT2D eigenvalue weighted by atomic mass is 32.2. The first-order valence-electron chi connectivity index (χ1n) is 5.81. The number of rotatable bonds is 2. The second-order valence-corrected chi connectivity index (χ2v) is 5.25. The van der Waals surface area contributed by atoms with Crippen LogP contribution in [0, 0.1) is 0 Å². The quantitative estimate of drug-likeness (QED) is 0.786. The SMILES string of the molecule is Oc1ccc([C@H]2NN=C(c3ccccc3)S2)c(O)c1. The number of aromatic hydroxyl groups is 2. The van der Waals surface area contributed by atoms with Gasteiger partial charge in [-0.2, -0.15) is 5.10 Å². The molecule has 3 N–H and O–H groups in total. The summed E-state index contributed by atoms with van der Waals surface area (Å²) in [6.07, 6.45) is 0. The first-order valence-corrected chi connectivity index (χ1v) is 6.69. The van der Waals surface area contributed by atoms with Crippen molar-refractivity contribution in [3.05, 3.63) is 59.7 Å². The van der Waals surface area contributed by atoms with E-state index in [1.807, 2.05) is 30.3 Å². The van der Waals surface area contributed by atoms with Crippen molar-refractivity contribution in [1.82, 2.24) is 5.43 Å². The van der Waals surface area contributed by atoms with Crippen LogP contribution in [0.25, 0.3) is 0 Å². The number of thioether (sulfide) groups is 1. The third kappa shape index (κ3) is 2.37. The van der Waals surface area contributed by atoms with E-state index < -0.39 is 0 Å². The lowest BCUT2D eigenvalue weighted by Gasteiger charge is -2.11. The van der Waals surface area contributed by atoms with Gasteiger partial charge in [-0.15, -0.1) is 0 Å². The second kappa shape index (κ2) is 4.85. The Balaban J connectivity index is 1.81. The van der Waals surface area contributed by atoms with Crippen LogP contribution in [-0.4, -0.2) is 15.3 Å². The Morgan fingerprint density at radius 1 is 1.05 bits per heavy atom. The Hall–Kier alpha value is -2.14. The van der Waals surface area contributed by atoms with E-state index in [9.17, 15) is 10.2 Å². The highest BCUT2D eigenvalue weighted by molar-refractivity contribution is 8.14. The summed E-state index contributed by atoms with van der Waals surface area (Å²) in [4.78, 5) is 0. The lowest BCUT2D eigenvalue weighted by Crippen LogP contribution is -2.06. The molecule has 1 aliphatic rings. The molecule has 96 valence electrons. The number of hydrogen-bond donors (Lipinski definition) is 3. The summed E-state index contributed by atoms with van der Waals surface area (Å²) in [6.45, 7) is 0. The van der Waals surface area contributed by atoms with Gasteiger partial charge in [0.15, 0.2) is 0 Å². The Morgan fingerprint density at radius 2 is 1.84 bits per heavy atom. The van der Waals surface area contributed by atoms with Crippen LogP contribution in [0.2, 0.25) is 0 Å². The minimum absolute atomic E-state index is 0.0495. The van der Waals surface area contributed by atoms with Crippen LogP contribution >= 0.6 is 11.8 Å². The summed E-state index contributed by atoms with van der Waals surface area (Å²) in [5.74, 6) is 0.114. The smallest absolute Gasteiger partial charge is 0.126 e. The van der Waals surface area contributed by atoms with E-state index in [1.165, 1.54) is 17.8 Å². The average molecular weight is 272 g/mol. The van der Waals surface area contributed by atoms with Crippen molar-refractivity contribution < 1.29 is 10.2 Å². The van der Waals surface area contributed by atoms with Crippen LogP contribution in [0.15, 0.2) is 53.6 Å². The molecule has 0 unspecified atom stereocenters. The maximum atomic E-state index is 9.84. The van der Waals surface area contributed by atoms with Crippen molar-refractivity contribution in [3.63, 3.8) is 0 Å². The zero-order chi connectivity index (χ0) is 13.2. The van der Waals surface area contributed by atoms with E-state index in [2.05, 4.69) is 10.5 Å². The van der Waals surface area contributed by atoms with E-state index in [4.69, 9.17) is 0 Å². The molecule has 1 heterocycles. The fourth-order valence-corrected chi connectivity index (χ4v) is 2.91. The first kappa shape index (κ1) is 11.9. The molecular formula is C14H12N2O2S. The average Bonchev–Trinajstić information content (AvgIpc) is 2.89. The van der Waals surface area contributed by atoms with Crippen LogP contribution < -0.4 is 5.43 Å². The molecule has 0 saturated heterocycles. The Kier molecular flexibility index (Phi) is 3.05. The first-order chi connectivity index (χ1) is 9.24. The lowest BCUT2D eigenvalue weighted by molar-refractivity contribution is 0.444. The van der Waals surface area contributed by atoms with Gasteiger partial charge in [0.2, 0.25) is 0 Å². The molecular weight excluding hydrogens is 260 g/mol. The predicted molar refractivity (Wildman–Crippen MR) is 76.2 cm³/mol. The molecule has 0 spiro atoms. The molecule has 0 aromatic heterocycles. The molecule has 0 fully saturated rings. The molecule has 0 radical (unpaired) electrons. The number of benzene rings is 2. The summed E-state index contributed by atoms with van der Waals surface area (Å²) in [7, 11) is 0. The van der Waals surface area contributed by atoms with Crippen LogP contribution in [0.1, 0.15) is 16.5 Å². The van der Waals surface area contributed by atoms with E-state index >= 15 is 0 Å². The molecule has 0 saturated carbocycles. The summed E-state index contributed by atoms with van der Waals surface area (Å²) < 4.78 is 0. The Labute approximate surface area is 114 Å². The molecule has 2 aromatic rings. The van der Waals surface area contributed by atoms with Crippen LogP contribution in [0.5, 0.6) is 11.5 Å². The van der Waals surface area contributed by atoms with Crippen molar-refractivity contribution in [1.29, 1.82) is 0 Å². The highest BCUT2D eigenvalue weighted by Crippen LogP contribution is 2.39. The van der Waals surface area contributed by atoms with Crippen molar-refractivity contribution in [2.45, 2.75) is 5.37 Å². The number of hydrogen-bond acceptors (Lipinski definition) is 5. The van der Waals surface area contributed by atoms with Crippen molar-refractivity contribution in [2.75, 3.05) is 0 Å². The third-order valence-corrected chi connectivity index (χ3v) is 3.98. The lowest BCUT2D eigenvalue weighted by atomic mass is 10.2. The maximum absolute atomic E-state index is 9.84. The summed E-state index contributed by atoms with van der Waals surface area (Å²) in [6, 6.07) is 14.4. The molecule has 1 atom stereocenters. The van der Waals surface area contributed by atoms with Gasteiger partial charge in [-0.1, -0.05) is 42.1 Å². The van der Waals surface area contributed by atoms with E-state index in [1.54, 1.807) is 12.1 Å². The highest BCUT2D eigenvalue weighted by Gasteiger charge is 2.24. The second-order valence-electron chi connectivity index (χ2n) is 4.15. The molecule has 0 bridgehead atoms. The molecule has 4 nitrogen and oxygen atoms in total. The standard InChI is InChI=1S/C14H12N2O2S/c17-10-6-7-11(12(18)8-10)14-16-15-13(19-14)9-4-2-1-3-5-9/h1-8,14,16-18H/t14-/m0/s1. The van der Waals surface area contributed by atoms with Crippen molar-refractivity contribution >= 4 is 16.8 Å². The van der Waals surface area contributed by atoms with Crippen LogP contribution in [0.3, 0.4) is 0 Å². The minimum atomic E-state index is -0.143. The molecule has 0 aliphatic carbocycles. The summed E-state index contributed by atoms with van der Waals surface area (Å²) >= 11 is 1.53. The van der Waals surface area contributed by atoms with E-state index in [0.29, 0.717) is 5.56 Å². The summed E-state index contributed by atoms with van der Waals surface area (Å²) in [5.41, 5.74) is 4.74. The van der Waals surface area contributed by atoms with Gasteiger partial charge in [0.1, 0.15) is 21.9 Å². The fraction of sp³-hybridized carbons (Fsp3) is 0.0714. The summed E-state index contributed by atoms with van der Waals surface area (Å²) in [5, 5.41) is 24.2. The Morgan fingerprint density at radius 3 is 2.58 bits per heavy atom. The molecule has 19 heavy (non-hydrogen) atoms. The number of nitrogens with one attached hydrogen (secondary N) is 1. The van der Waals surface area contributed by atoms with E-state index in [-0.39, 0.29) is 16.9 Å². The number of nitrogens with zero attached hydrogens (tertiary/aromatic N) is 1. The largest absolute Gasteiger partial charge is 0.508 e. The monoisotopic (exact) mass is 272 g/mol. The van der Waals surface area contributed by atoms with Gasteiger partial charge in [-0.3, -0.25) is 5.43 Å². The van der Waals surface area contributed by atoms with Gasteiger partial charge in [-0.05, 0) is 12.1 Å². The molecule has 1 aliphatic heterocycles. The van der Waals surface area contributed by atoms with Gasteiger partial charge < -0.3 is 10.2 Å². The van der Waals surface area contributed by atoms with Gasteiger partial charge in [0.25, 0.3) is 0 Å². The molecule has 3 rings (SSSR count). The maximum Gasteiger partial charge on any atom is 0.126 e. The Bertz CT molecular complexity index is 629. The topological polar surface area (TPSA) is 64.8 Å². The van der Waals surface area contributed by atoms with Gasteiger partial charge in [-0.25, -0.2) is 0 Å². The minimum Gasteiger partial charge on any atom is -0.508 e. The van der Waals surface area contributed by atoms with Crippen LogP contribution in [-0.2, 0) is 0 Å². The zero-order valence-electron chi connectivity index (χ0n) is 9.95. The van der Waals surface area contributed by atoms with E-state index in [0.717, 1.165) is 10.6 Å². The van der Waals surface area contributed by atoms with Crippen molar-refractivity contribution in [3.8, 4) is 11.5 Å². The number of phenols is 2. The van der Waals surface area contributed by atoms with Gasteiger partial charge >= 0.3 is 0 Å². The van der Waals surface area contributed by atoms with Gasteiger partial charge in [0, 0.05) is 17.2 Å². The van der Waals surface area contributed by atoms with Crippen LogP contribution in [0.4, 0.5) is 0 Å². The number of hydrazone groups is 1. The molecule has 2 aromatic carbocycles. The molecule has 5 heteroatoms. The molecule has 0 amide bonds. The normalized spacial score (nSPS) is 17.9. The van der Waals surface area contributed by atoms with Crippen molar-refractivity contribution in [2.24, 2.45) is 5.10 Å². The fourth-order valence-electron chi connectivity index (χ4n) is 1.88.